The molecule has 0 spiro atoms. The Kier molecular flexibility index (Phi) is 4.28. The summed E-state index contributed by atoms with van der Waals surface area (Å²) in [6.45, 7) is 4.03. The standard InChI is InChI=1S/C19H19NO3S/c1-14-5-9-16(10-6-14)18-4-3-13-20(19(18)21)24(22,23)17-11-7-15(2)8-12-17/h4-12H,3,13H2,1-2H3. The summed E-state index contributed by atoms with van der Waals surface area (Å²) in [7, 11) is -3.83. The third-order valence-electron chi connectivity index (χ3n) is 4.11. The summed E-state index contributed by atoms with van der Waals surface area (Å²) >= 11 is 0. The Morgan fingerprint density at radius 2 is 1.42 bits per heavy atom. The van der Waals surface area contributed by atoms with E-state index >= 15 is 0 Å². The predicted octanol–water partition coefficient (Wildman–Crippen LogP) is 3.31. The van der Waals surface area contributed by atoms with E-state index in [0.29, 0.717) is 12.0 Å². The number of rotatable bonds is 3. The van der Waals surface area contributed by atoms with E-state index in [1.165, 1.54) is 0 Å². The number of nitrogens with zero attached hydrogens (tertiary/aromatic N) is 1. The number of benzene rings is 2. The minimum Gasteiger partial charge on any atom is -0.268 e. The fraction of sp³-hybridized carbons (Fsp3) is 0.211. The van der Waals surface area contributed by atoms with Crippen LogP contribution in [0, 0.1) is 13.8 Å². The molecule has 0 saturated heterocycles. The van der Waals surface area contributed by atoms with E-state index in [0.717, 1.165) is 21.0 Å². The SMILES string of the molecule is Cc1ccc(C2=CCCN(S(=O)(=O)c3ccc(C)cc3)C2=O)cc1. The lowest BCUT2D eigenvalue weighted by Crippen LogP contribution is -2.40. The number of amides is 1. The number of sulfonamides is 1. The Labute approximate surface area is 142 Å². The highest BCUT2D eigenvalue weighted by Crippen LogP contribution is 2.27. The molecule has 0 atom stereocenters. The molecule has 124 valence electrons. The van der Waals surface area contributed by atoms with Crippen LogP contribution in [0.4, 0.5) is 0 Å². The molecule has 24 heavy (non-hydrogen) atoms. The lowest BCUT2D eigenvalue weighted by molar-refractivity contribution is -0.120. The molecule has 0 saturated carbocycles. The molecular weight excluding hydrogens is 322 g/mol. The van der Waals surface area contributed by atoms with Crippen LogP contribution in [0.1, 0.15) is 23.1 Å². The van der Waals surface area contributed by atoms with Crippen molar-refractivity contribution in [3.63, 3.8) is 0 Å². The topological polar surface area (TPSA) is 54.5 Å². The summed E-state index contributed by atoms with van der Waals surface area (Å²) in [5, 5.41) is 0. The van der Waals surface area contributed by atoms with Crippen LogP contribution in [0.5, 0.6) is 0 Å². The summed E-state index contributed by atoms with van der Waals surface area (Å²) in [4.78, 5) is 12.9. The molecule has 3 rings (SSSR count). The quantitative estimate of drug-likeness (QED) is 0.861. The molecule has 1 aliphatic rings. The van der Waals surface area contributed by atoms with Crippen LogP contribution < -0.4 is 0 Å². The van der Waals surface area contributed by atoms with Crippen LogP contribution in [0.25, 0.3) is 5.57 Å². The Hall–Kier alpha value is -2.40. The molecule has 0 aliphatic carbocycles. The molecule has 2 aromatic rings. The van der Waals surface area contributed by atoms with Gasteiger partial charge < -0.3 is 0 Å². The Morgan fingerprint density at radius 3 is 2.00 bits per heavy atom. The monoisotopic (exact) mass is 341 g/mol. The third kappa shape index (κ3) is 2.99. The van der Waals surface area contributed by atoms with Crippen molar-refractivity contribution in [2.45, 2.75) is 25.2 Å². The van der Waals surface area contributed by atoms with E-state index in [9.17, 15) is 13.2 Å². The van der Waals surface area contributed by atoms with Gasteiger partial charge in [-0.1, -0.05) is 53.6 Å². The zero-order chi connectivity index (χ0) is 17.3. The largest absolute Gasteiger partial charge is 0.268 e. The summed E-state index contributed by atoms with van der Waals surface area (Å²) in [6, 6.07) is 14.1. The fourth-order valence-corrected chi connectivity index (χ4v) is 4.09. The molecule has 4 nitrogen and oxygen atoms in total. The minimum atomic E-state index is -3.83. The first-order chi connectivity index (χ1) is 11.4. The molecule has 1 heterocycles. The Morgan fingerprint density at radius 1 is 0.875 bits per heavy atom. The van der Waals surface area contributed by atoms with Crippen LogP contribution in [0.3, 0.4) is 0 Å². The van der Waals surface area contributed by atoms with Crippen LogP contribution in [-0.4, -0.2) is 25.2 Å². The Bertz CT molecular complexity index is 895. The first kappa shape index (κ1) is 16.5. The molecule has 2 aromatic carbocycles. The number of carbonyl (C=O) groups is 1. The summed E-state index contributed by atoms with van der Waals surface area (Å²) in [5.41, 5.74) is 3.25. The van der Waals surface area contributed by atoms with E-state index in [1.54, 1.807) is 24.3 Å². The van der Waals surface area contributed by atoms with Crippen LogP contribution in [-0.2, 0) is 14.8 Å². The second kappa shape index (κ2) is 6.24. The molecule has 0 aromatic heterocycles. The third-order valence-corrected chi connectivity index (χ3v) is 5.91. The van der Waals surface area contributed by atoms with Crippen molar-refractivity contribution in [1.29, 1.82) is 0 Å². The molecule has 0 radical (unpaired) electrons. The van der Waals surface area contributed by atoms with Gasteiger partial charge >= 0.3 is 0 Å². The van der Waals surface area contributed by atoms with Gasteiger partial charge in [-0.3, -0.25) is 4.79 Å². The van der Waals surface area contributed by atoms with Gasteiger partial charge in [0.05, 0.1) is 4.90 Å². The van der Waals surface area contributed by atoms with Crippen molar-refractivity contribution in [3.05, 3.63) is 71.3 Å². The first-order valence-electron chi connectivity index (χ1n) is 7.80. The van der Waals surface area contributed by atoms with Crippen molar-refractivity contribution in [1.82, 2.24) is 4.31 Å². The van der Waals surface area contributed by atoms with E-state index in [-0.39, 0.29) is 11.4 Å². The maximum atomic E-state index is 12.8. The molecule has 0 fully saturated rings. The lowest BCUT2D eigenvalue weighted by atomic mass is 10.0. The van der Waals surface area contributed by atoms with Gasteiger partial charge in [0.15, 0.2) is 0 Å². The van der Waals surface area contributed by atoms with Gasteiger partial charge in [-0.2, -0.15) is 0 Å². The highest BCUT2D eigenvalue weighted by molar-refractivity contribution is 7.89. The maximum absolute atomic E-state index is 12.8. The van der Waals surface area contributed by atoms with E-state index in [2.05, 4.69) is 0 Å². The highest BCUT2D eigenvalue weighted by atomic mass is 32.2. The number of hydrogen-bond acceptors (Lipinski definition) is 3. The second-order valence-electron chi connectivity index (χ2n) is 5.97. The van der Waals surface area contributed by atoms with Gasteiger partial charge in [0, 0.05) is 12.1 Å². The normalized spacial score (nSPS) is 15.3. The van der Waals surface area contributed by atoms with Crippen LogP contribution in [0.15, 0.2) is 59.5 Å². The van der Waals surface area contributed by atoms with Crippen LogP contribution in [0.2, 0.25) is 0 Å². The zero-order valence-corrected chi connectivity index (χ0v) is 14.5. The first-order valence-corrected chi connectivity index (χ1v) is 9.24. The van der Waals surface area contributed by atoms with E-state index in [1.807, 2.05) is 44.2 Å². The van der Waals surface area contributed by atoms with Gasteiger partial charge in [-0.25, -0.2) is 12.7 Å². The molecular formula is C19H19NO3S. The molecule has 0 N–H and O–H groups in total. The van der Waals surface area contributed by atoms with Gasteiger partial charge in [0.1, 0.15) is 0 Å². The van der Waals surface area contributed by atoms with E-state index < -0.39 is 15.9 Å². The fourth-order valence-electron chi connectivity index (χ4n) is 2.69. The number of hydrogen-bond donors (Lipinski definition) is 0. The van der Waals surface area contributed by atoms with Gasteiger partial charge in [-0.05, 0) is 38.0 Å². The van der Waals surface area contributed by atoms with Crippen molar-refractivity contribution in [2.75, 3.05) is 6.54 Å². The molecule has 1 aliphatic heterocycles. The molecule has 0 unspecified atom stereocenters. The minimum absolute atomic E-state index is 0.145. The second-order valence-corrected chi connectivity index (χ2v) is 7.83. The average Bonchev–Trinajstić information content (AvgIpc) is 2.56. The molecule has 5 heteroatoms. The van der Waals surface area contributed by atoms with Crippen molar-refractivity contribution in [3.8, 4) is 0 Å². The smallest absolute Gasteiger partial charge is 0.267 e. The summed E-state index contributed by atoms with van der Waals surface area (Å²) in [5.74, 6) is -0.467. The van der Waals surface area contributed by atoms with E-state index in [4.69, 9.17) is 0 Å². The predicted molar refractivity (Wildman–Crippen MR) is 93.9 cm³/mol. The summed E-state index contributed by atoms with van der Waals surface area (Å²) in [6.07, 6.45) is 2.33. The van der Waals surface area contributed by atoms with Crippen LogP contribution >= 0.6 is 0 Å². The van der Waals surface area contributed by atoms with Crippen molar-refractivity contribution >= 4 is 21.5 Å². The number of carbonyl (C=O) groups excluding carboxylic acids is 1. The maximum Gasteiger partial charge on any atom is 0.267 e. The molecule has 0 bridgehead atoms. The molecule has 1 amide bonds. The van der Waals surface area contributed by atoms with Crippen molar-refractivity contribution in [2.24, 2.45) is 0 Å². The highest BCUT2D eigenvalue weighted by Gasteiger charge is 2.33. The average molecular weight is 341 g/mol. The summed E-state index contributed by atoms with van der Waals surface area (Å²) < 4.78 is 26.6. The zero-order valence-electron chi connectivity index (χ0n) is 13.7. The van der Waals surface area contributed by atoms with Crippen molar-refractivity contribution < 1.29 is 13.2 Å². The lowest BCUT2D eigenvalue weighted by Gasteiger charge is -2.27. The van der Waals surface area contributed by atoms with Gasteiger partial charge in [0.2, 0.25) is 0 Å². The number of aryl methyl sites for hydroxylation is 2. The Balaban J connectivity index is 1.95. The van der Waals surface area contributed by atoms with Gasteiger partial charge in [0.25, 0.3) is 15.9 Å². The van der Waals surface area contributed by atoms with Gasteiger partial charge in [-0.15, -0.1) is 0 Å².